The highest BCUT2D eigenvalue weighted by atomic mass is 15.2. The zero-order valence-electron chi connectivity index (χ0n) is 12.4. The van der Waals surface area contributed by atoms with Crippen molar-refractivity contribution in [3.63, 3.8) is 0 Å². The van der Waals surface area contributed by atoms with E-state index in [0.29, 0.717) is 11.5 Å². The molecular formula is C14H31N3. The molecule has 0 aliphatic carbocycles. The average Bonchev–Trinajstić information content (AvgIpc) is 2.25. The number of nitrogens with zero attached hydrogens (tertiary/aromatic N) is 2. The first-order valence-electron chi connectivity index (χ1n) is 7.07. The second kappa shape index (κ2) is 6.72. The van der Waals surface area contributed by atoms with E-state index >= 15 is 0 Å². The zero-order valence-corrected chi connectivity index (χ0v) is 12.4. The average molecular weight is 241 g/mol. The molecule has 0 aromatic heterocycles. The van der Waals surface area contributed by atoms with Crippen LogP contribution in [0, 0.1) is 5.41 Å². The minimum atomic E-state index is 0.364. The van der Waals surface area contributed by atoms with E-state index in [1.807, 2.05) is 0 Å². The second-order valence-electron chi connectivity index (χ2n) is 6.41. The fraction of sp³-hybridized carbons (Fsp3) is 1.00. The molecule has 3 nitrogen and oxygen atoms in total. The third-order valence-electron chi connectivity index (χ3n) is 3.83. The molecule has 1 saturated heterocycles. The first-order valence-corrected chi connectivity index (χ1v) is 7.07. The number of likely N-dealkylation sites (N-methyl/N-ethyl adjacent to an activating group) is 1. The van der Waals surface area contributed by atoms with Crippen molar-refractivity contribution >= 4 is 0 Å². The van der Waals surface area contributed by atoms with Crippen LogP contribution in [0.1, 0.15) is 34.1 Å². The number of hydrogen-bond acceptors (Lipinski definition) is 3. The van der Waals surface area contributed by atoms with Crippen LogP contribution in [0.2, 0.25) is 0 Å². The fourth-order valence-electron chi connectivity index (χ4n) is 2.47. The Bertz CT molecular complexity index is 202. The summed E-state index contributed by atoms with van der Waals surface area (Å²) in [7, 11) is 2.22. The van der Waals surface area contributed by atoms with Crippen LogP contribution in [0.4, 0.5) is 0 Å². The largest absolute Gasteiger partial charge is 0.314 e. The minimum absolute atomic E-state index is 0.364. The van der Waals surface area contributed by atoms with Gasteiger partial charge in [0.1, 0.15) is 0 Å². The molecule has 1 atom stereocenters. The SMILES string of the molecule is CCNC(CCN1CCN(C)CC1)C(C)(C)C. The van der Waals surface area contributed by atoms with Crippen LogP contribution < -0.4 is 5.32 Å². The van der Waals surface area contributed by atoms with Crippen molar-refractivity contribution in [2.45, 2.75) is 40.2 Å². The summed E-state index contributed by atoms with van der Waals surface area (Å²) < 4.78 is 0. The van der Waals surface area contributed by atoms with E-state index < -0.39 is 0 Å². The number of hydrogen-bond donors (Lipinski definition) is 1. The van der Waals surface area contributed by atoms with Crippen molar-refractivity contribution < 1.29 is 0 Å². The first-order chi connectivity index (χ1) is 7.93. The van der Waals surface area contributed by atoms with Crippen LogP contribution in [0.15, 0.2) is 0 Å². The van der Waals surface area contributed by atoms with E-state index in [0.717, 1.165) is 6.54 Å². The molecule has 0 amide bonds. The summed E-state index contributed by atoms with van der Waals surface area (Å²) in [6.07, 6.45) is 1.26. The summed E-state index contributed by atoms with van der Waals surface area (Å²) in [6, 6.07) is 0.632. The number of nitrogens with one attached hydrogen (secondary N) is 1. The molecule has 1 fully saturated rings. The molecule has 1 N–H and O–H groups in total. The van der Waals surface area contributed by atoms with Crippen LogP contribution >= 0.6 is 0 Å². The summed E-state index contributed by atoms with van der Waals surface area (Å²) >= 11 is 0. The molecule has 1 aliphatic rings. The molecule has 17 heavy (non-hydrogen) atoms. The number of piperazine rings is 1. The summed E-state index contributed by atoms with van der Waals surface area (Å²) in [5.41, 5.74) is 0.364. The molecule has 0 saturated carbocycles. The van der Waals surface area contributed by atoms with Crippen molar-refractivity contribution in [2.75, 3.05) is 46.3 Å². The predicted octanol–water partition coefficient (Wildman–Crippen LogP) is 1.65. The van der Waals surface area contributed by atoms with Gasteiger partial charge in [-0.05, 0) is 32.0 Å². The fourth-order valence-corrected chi connectivity index (χ4v) is 2.47. The predicted molar refractivity (Wildman–Crippen MR) is 75.5 cm³/mol. The smallest absolute Gasteiger partial charge is 0.0128 e. The molecule has 1 unspecified atom stereocenters. The molecule has 0 radical (unpaired) electrons. The van der Waals surface area contributed by atoms with Gasteiger partial charge in [0.25, 0.3) is 0 Å². The van der Waals surface area contributed by atoms with E-state index in [1.165, 1.54) is 39.1 Å². The Labute approximate surface area is 108 Å². The van der Waals surface area contributed by atoms with E-state index in [1.54, 1.807) is 0 Å². The van der Waals surface area contributed by atoms with Crippen LogP contribution in [-0.4, -0.2) is 62.2 Å². The Balaban J connectivity index is 2.31. The Morgan fingerprint density at radius 1 is 1.12 bits per heavy atom. The van der Waals surface area contributed by atoms with Gasteiger partial charge >= 0.3 is 0 Å². The normalized spacial score (nSPS) is 21.7. The lowest BCUT2D eigenvalue weighted by Crippen LogP contribution is -2.47. The molecule has 0 bridgehead atoms. The highest BCUT2D eigenvalue weighted by molar-refractivity contribution is 4.82. The molecule has 3 heteroatoms. The molecule has 102 valence electrons. The van der Waals surface area contributed by atoms with Crippen LogP contribution in [0.25, 0.3) is 0 Å². The van der Waals surface area contributed by atoms with Gasteiger partial charge in [-0.1, -0.05) is 27.7 Å². The zero-order chi connectivity index (χ0) is 12.9. The monoisotopic (exact) mass is 241 g/mol. The standard InChI is InChI=1S/C14H31N3/c1-6-15-13(14(2,3)4)7-8-17-11-9-16(5)10-12-17/h13,15H,6-12H2,1-5H3. The maximum Gasteiger partial charge on any atom is 0.0128 e. The van der Waals surface area contributed by atoms with Gasteiger partial charge in [0.2, 0.25) is 0 Å². The Kier molecular flexibility index (Phi) is 5.90. The molecular weight excluding hydrogens is 210 g/mol. The Morgan fingerprint density at radius 3 is 2.18 bits per heavy atom. The maximum absolute atomic E-state index is 3.63. The van der Waals surface area contributed by atoms with Crippen molar-refractivity contribution in [3.8, 4) is 0 Å². The second-order valence-corrected chi connectivity index (χ2v) is 6.41. The molecule has 0 spiro atoms. The van der Waals surface area contributed by atoms with E-state index in [2.05, 4.69) is 49.9 Å². The van der Waals surface area contributed by atoms with E-state index in [4.69, 9.17) is 0 Å². The van der Waals surface area contributed by atoms with Crippen molar-refractivity contribution in [2.24, 2.45) is 5.41 Å². The Hall–Kier alpha value is -0.120. The Morgan fingerprint density at radius 2 is 1.71 bits per heavy atom. The van der Waals surface area contributed by atoms with Crippen molar-refractivity contribution in [3.05, 3.63) is 0 Å². The van der Waals surface area contributed by atoms with Gasteiger partial charge in [-0.15, -0.1) is 0 Å². The quantitative estimate of drug-likeness (QED) is 0.789. The lowest BCUT2D eigenvalue weighted by molar-refractivity contribution is 0.138. The molecule has 0 aromatic rings. The molecule has 1 rings (SSSR count). The summed E-state index contributed by atoms with van der Waals surface area (Å²) in [5, 5.41) is 3.63. The van der Waals surface area contributed by atoms with Crippen molar-refractivity contribution in [1.29, 1.82) is 0 Å². The van der Waals surface area contributed by atoms with Gasteiger partial charge in [-0.2, -0.15) is 0 Å². The third-order valence-corrected chi connectivity index (χ3v) is 3.83. The van der Waals surface area contributed by atoms with Crippen LogP contribution in [0.5, 0.6) is 0 Å². The minimum Gasteiger partial charge on any atom is -0.314 e. The van der Waals surface area contributed by atoms with Crippen LogP contribution in [0.3, 0.4) is 0 Å². The molecule has 1 aliphatic heterocycles. The van der Waals surface area contributed by atoms with Gasteiger partial charge in [-0.3, -0.25) is 0 Å². The highest BCUT2D eigenvalue weighted by Gasteiger charge is 2.24. The number of rotatable bonds is 5. The van der Waals surface area contributed by atoms with E-state index in [9.17, 15) is 0 Å². The lowest BCUT2D eigenvalue weighted by Gasteiger charge is -2.36. The van der Waals surface area contributed by atoms with Gasteiger partial charge < -0.3 is 15.1 Å². The van der Waals surface area contributed by atoms with Gasteiger partial charge in [0.15, 0.2) is 0 Å². The van der Waals surface area contributed by atoms with Crippen molar-refractivity contribution in [1.82, 2.24) is 15.1 Å². The summed E-state index contributed by atoms with van der Waals surface area (Å²) in [6.45, 7) is 16.4. The third kappa shape index (κ3) is 5.36. The summed E-state index contributed by atoms with van der Waals surface area (Å²) in [4.78, 5) is 5.03. The maximum atomic E-state index is 3.63. The van der Waals surface area contributed by atoms with Crippen LogP contribution in [-0.2, 0) is 0 Å². The molecule has 1 heterocycles. The molecule has 0 aromatic carbocycles. The lowest BCUT2D eigenvalue weighted by atomic mass is 9.84. The highest BCUT2D eigenvalue weighted by Crippen LogP contribution is 2.22. The van der Waals surface area contributed by atoms with Gasteiger partial charge in [0, 0.05) is 32.2 Å². The summed E-state index contributed by atoms with van der Waals surface area (Å²) in [5.74, 6) is 0. The van der Waals surface area contributed by atoms with E-state index in [-0.39, 0.29) is 0 Å². The van der Waals surface area contributed by atoms with Gasteiger partial charge in [-0.25, -0.2) is 0 Å². The first kappa shape index (κ1) is 14.9. The van der Waals surface area contributed by atoms with Gasteiger partial charge in [0.05, 0.1) is 0 Å². The topological polar surface area (TPSA) is 18.5 Å².